The van der Waals surface area contributed by atoms with E-state index in [0.29, 0.717) is 5.02 Å². The standard InChI is InChI=1S/C24H25ClN4O/c1-16-4-3-5-17(2)23(16)26-24(30)19-12-14-29(15-13-19)22-11-10-21(27-28-22)18-6-8-20(25)9-7-18/h3-11,19H,12-15H2,1-2H3,(H,26,30). The lowest BCUT2D eigenvalue weighted by molar-refractivity contribution is -0.120. The van der Waals surface area contributed by atoms with Gasteiger partial charge in [0.15, 0.2) is 5.82 Å². The molecular weight excluding hydrogens is 396 g/mol. The maximum Gasteiger partial charge on any atom is 0.227 e. The maximum atomic E-state index is 12.8. The highest BCUT2D eigenvalue weighted by Crippen LogP contribution is 2.26. The quantitative estimate of drug-likeness (QED) is 0.624. The third-order valence-corrected chi connectivity index (χ3v) is 5.96. The van der Waals surface area contributed by atoms with Gasteiger partial charge in [-0.3, -0.25) is 4.79 Å². The fraction of sp³-hybridized carbons (Fsp3) is 0.292. The SMILES string of the molecule is Cc1cccc(C)c1NC(=O)C1CCN(c2ccc(-c3ccc(Cl)cc3)nn2)CC1. The van der Waals surface area contributed by atoms with E-state index < -0.39 is 0 Å². The minimum Gasteiger partial charge on any atom is -0.355 e. The van der Waals surface area contributed by atoms with Crippen molar-refractivity contribution in [2.45, 2.75) is 26.7 Å². The molecule has 5 nitrogen and oxygen atoms in total. The van der Waals surface area contributed by atoms with Crippen LogP contribution in [0.4, 0.5) is 11.5 Å². The molecule has 1 aromatic heterocycles. The zero-order valence-corrected chi connectivity index (χ0v) is 18.0. The van der Waals surface area contributed by atoms with Crippen LogP contribution in [0, 0.1) is 19.8 Å². The minimum absolute atomic E-state index is 0.0153. The lowest BCUT2D eigenvalue weighted by Gasteiger charge is -2.32. The number of hydrogen-bond acceptors (Lipinski definition) is 4. The number of carbonyl (C=O) groups excluding carboxylic acids is 1. The second kappa shape index (κ2) is 8.84. The summed E-state index contributed by atoms with van der Waals surface area (Å²) in [5.41, 5.74) is 4.93. The Labute approximate surface area is 182 Å². The van der Waals surface area contributed by atoms with Gasteiger partial charge in [-0.2, -0.15) is 0 Å². The molecule has 30 heavy (non-hydrogen) atoms. The van der Waals surface area contributed by atoms with E-state index in [-0.39, 0.29) is 11.8 Å². The molecule has 0 saturated carbocycles. The Morgan fingerprint density at radius 2 is 1.63 bits per heavy atom. The number of rotatable bonds is 4. The van der Waals surface area contributed by atoms with Crippen molar-refractivity contribution < 1.29 is 4.79 Å². The molecule has 0 radical (unpaired) electrons. The molecule has 2 aromatic carbocycles. The second-order valence-corrected chi connectivity index (χ2v) is 8.24. The van der Waals surface area contributed by atoms with Crippen LogP contribution in [0.2, 0.25) is 5.02 Å². The predicted molar refractivity (Wildman–Crippen MR) is 122 cm³/mol. The van der Waals surface area contributed by atoms with Crippen LogP contribution < -0.4 is 10.2 Å². The Kier molecular flexibility index (Phi) is 6.00. The van der Waals surface area contributed by atoms with Crippen LogP contribution in [-0.2, 0) is 4.79 Å². The fourth-order valence-electron chi connectivity index (χ4n) is 3.88. The Balaban J connectivity index is 1.36. The number of benzene rings is 2. The van der Waals surface area contributed by atoms with Crippen molar-refractivity contribution in [3.8, 4) is 11.3 Å². The van der Waals surface area contributed by atoms with Crippen LogP contribution >= 0.6 is 11.6 Å². The summed E-state index contributed by atoms with van der Waals surface area (Å²) in [5, 5.41) is 12.6. The van der Waals surface area contributed by atoms with Crippen molar-refractivity contribution in [2.24, 2.45) is 5.92 Å². The molecule has 0 bridgehead atoms. The van der Waals surface area contributed by atoms with Gasteiger partial charge in [-0.25, -0.2) is 0 Å². The van der Waals surface area contributed by atoms with E-state index in [2.05, 4.69) is 20.4 Å². The lowest BCUT2D eigenvalue weighted by atomic mass is 9.95. The van der Waals surface area contributed by atoms with Gasteiger partial charge in [0.05, 0.1) is 5.69 Å². The molecule has 1 fully saturated rings. The number of carbonyl (C=O) groups is 1. The largest absolute Gasteiger partial charge is 0.355 e. The summed E-state index contributed by atoms with van der Waals surface area (Å²) >= 11 is 5.95. The van der Waals surface area contributed by atoms with Crippen LogP contribution in [0.15, 0.2) is 54.6 Å². The third-order valence-electron chi connectivity index (χ3n) is 5.71. The summed E-state index contributed by atoms with van der Waals surface area (Å²) in [7, 11) is 0. The summed E-state index contributed by atoms with van der Waals surface area (Å²) in [5.74, 6) is 0.971. The average molecular weight is 421 g/mol. The smallest absolute Gasteiger partial charge is 0.227 e. The first-order valence-electron chi connectivity index (χ1n) is 10.2. The molecular formula is C24H25ClN4O. The van der Waals surface area contributed by atoms with Gasteiger partial charge >= 0.3 is 0 Å². The summed E-state index contributed by atoms with van der Waals surface area (Å²) in [6.45, 7) is 5.63. The number of halogens is 1. The molecule has 1 amide bonds. The number of hydrogen-bond donors (Lipinski definition) is 1. The van der Waals surface area contributed by atoms with E-state index in [9.17, 15) is 4.79 Å². The number of aromatic nitrogens is 2. The first kappa shape index (κ1) is 20.4. The average Bonchev–Trinajstić information content (AvgIpc) is 2.77. The first-order valence-corrected chi connectivity index (χ1v) is 10.6. The van der Waals surface area contributed by atoms with Crippen LogP contribution in [-0.4, -0.2) is 29.2 Å². The number of amides is 1. The normalized spacial score (nSPS) is 14.6. The highest BCUT2D eigenvalue weighted by molar-refractivity contribution is 6.30. The Morgan fingerprint density at radius 1 is 0.967 bits per heavy atom. The predicted octanol–water partition coefficient (Wildman–Crippen LogP) is 5.27. The molecule has 154 valence electrons. The number of piperidine rings is 1. The fourth-order valence-corrected chi connectivity index (χ4v) is 4.00. The van der Waals surface area contributed by atoms with Gasteiger partial charge in [-0.05, 0) is 62.1 Å². The molecule has 1 aliphatic rings. The molecule has 6 heteroatoms. The molecule has 1 saturated heterocycles. The Morgan fingerprint density at radius 3 is 2.23 bits per heavy atom. The van der Waals surface area contributed by atoms with E-state index >= 15 is 0 Å². The minimum atomic E-state index is 0.0153. The van der Waals surface area contributed by atoms with E-state index in [1.807, 2.05) is 68.4 Å². The van der Waals surface area contributed by atoms with E-state index in [4.69, 9.17) is 11.6 Å². The van der Waals surface area contributed by atoms with E-state index in [1.165, 1.54) is 0 Å². The van der Waals surface area contributed by atoms with Gasteiger partial charge in [0.25, 0.3) is 0 Å². The molecule has 0 unspecified atom stereocenters. The molecule has 1 N–H and O–H groups in total. The topological polar surface area (TPSA) is 58.1 Å². The summed E-state index contributed by atoms with van der Waals surface area (Å²) < 4.78 is 0. The van der Waals surface area contributed by atoms with Crippen LogP contribution in [0.5, 0.6) is 0 Å². The first-order chi connectivity index (χ1) is 14.5. The molecule has 2 heterocycles. The summed E-state index contributed by atoms with van der Waals surface area (Å²) in [6.07, 6.45) is 1.61. The van der Waals surface area contributed by atoms with Gasteiger partial charge < -0.3 is 10.2 Å². The molecule has 1 aliphatic heterocycles. The molecule has 3 aromatic rings. The van der Waals surface area contributed by atoms with Crippen molar-refractivity contribution in [1.29, 1.82) is 0 Å². The van der Waals surface area contributed by atoms with Gasteiger partial charge in [0, 0.05) is 35.3 Å². The third kappa shape index (κ3) is 4.46. The van der Waals surface area contributed by atoms with Crippen molar-refractivity contribution in [3.05, 3.63) is 70.7 Å². The number of anilines is 2. The lowest BCUT2D eigenvalue weighted by Crippen LogP contribution is -2.38. The summed E-state index contributed by atoms with van der Waals surface area (Å²) in [4.78, 5) is 15.0. The monoisotopic (exact) mass is 420 g/mol. The van der Waals surface area contributed by atoms with Crippen LogP contribution in [0.25, 0.3) is 11.3 Å². The van der Waals surface area contributed by atoms with Crippen molar-refractivity contribution in [2.75, 3.05) is 23.3 Å². The second-order valence-electron chi connectivity index (χ2n) is 7.80. The summed E-state index contributed by atoms with van der Waals surface area (Å²) in [6, 6.07) is 17.6. The van der Waals surface area contributed by atoms with Crippen molar-refractivity contribution in [1.82, 2.24) is 10.2 Å². The number of nitrogens with zero attached hydrogens (tertiary/aromatic N) is 3. The Bertz CT molecular complexity index is 1010. The number of aryl methyl sites for hydroxylation is 2. The molecule has 0 atom stereocenters. The van der Waals surface area contributed by atoms with Crippen molar-refractivity contribution >= 4 is 29.0 Å². The van der Waals surface area contributed by atoms with E-state index in [0.717, 1.165) is 59.8 Å². The highest BCUT2D eigenvalue weighted by atomic mass is 35.5. The highest BCUT2D eigenvalue weighted by Gasteiger charge is 2.26. The molecule has 0 spiro atoms. The van der Waals surface area contributed by atoms with Crippen LogP contribution in [0.3, 0.4) is 0 Å². The number of nitrogens with one attached hydrogen (secondary N) is 1. The van der Waals surface area contributed by atoms with Gasteiger partial charge in [0.2, 0.25) is 5.91 Å². The van der Waals surface area contributed by atoms with Crippen LogP contribution in [0.1, 0.15) is 24.0 Å². The molecule has 0 aliphatic carbocycles. The Hall–Kier alpha value is -2.92. The van der Waals surface area contributed by atoms with E-state index in [1.54, 1.807) is 0 Å². The van der Waals surface area contributed by atoms with Crippen molar-refractivity contribution in [3.63, 3.8) is 0 Å². The van der Waals surface area contributed by atoms with Gasteiger partial charge in [0.1, 0.15) is 0 Å². The van der Waals surface area contributed by atoms with Gasteiger partial charge in [-0.1, -0.05) is 41.9 Å². The maximum absolute atomic E-state index is 12.8. The number of para-hydroxylation sites is 1. The van der Waals surface area contributed by atoms with Gasteiger partial charge in [-0.15, -0.1) is 10.2 Å². The molecule has 4 rings (SSSR count). The zero-order chi connectivity index (χ0) is 21.1. The zero-order valence-electron chi connectivity index (χ0n) is 17.2.